The normalized spacial score (nSPS) is 26.4. The van der Waals surface area contributed by atoms with E-state index in [-0.39, 0.29) is 43.3 Å². The van der Waals surface area contributed by atoms with Crippen LogP contribution in [0.2, 0.25) is 18.6 Å². The van der Waals surface area contributed by atoms with Crippen LogP contribution in [0.3, 0.4) is 0 Å². The van der Waals surface area contributed by atoms with Gasteiger partial charge in [0.2, 0.25) is 11.8 Å². The Labute approximate surface area is 294 Å². The molecule has 4 aliphatic heterocycles. The van der Waals surface area contributed by atoms with E-state index in [9.17, 15) is 24.3 Å². The van der Waals surface area contributed by atoms with Crippen molar-refractivity contribution in [3.05, 3.63) is 89.0 Å². The second kappa shape index (κ2) is 13.3. The number of hydrogen-bond acceptors (Lipinski definition) is 7. The number of aliphatic hydroxyl groups is 1. The van der Waals surface area contributed by atoms with Gasteiger partial charge in [0.15, 0.2) is 13.9 Å². The van der Waals surface area contributed by atoms with Gasteiger partial charge in [-0.2, -0.15) is 0 Å². The smallest absolute Gasteiger partial charge is 0.264 e. The van der Waals surface area contributed by atoms with Gasteiger partial charge in [-0.3, -0.25) is 14.4 Å². The lowest BCUT2D eigenvalue weighted by molar-refractivity contribution is -0.151. The van der Waals surface area contributed by atoms with Gasteiger partial charge in [-0.15, -0.1) is 0 Å². The quantitative estimate of drug-likeness (QED) is 0.322. The number of nitrogens with zero attached hydrogens (tertiary/aromatic N) is 3. The molecule has 2 N–H and O–H groups in total. The Morgan fingerprint density at radius 3 is 2.54 bits per heavy atom. The van der Waals surface area contributed by atoms with E-state index < -0.39 is 31.5 Å². The number of ether oxygens (including phenoxy) is 2. The van der Waals surface area contributed by atoms with Crippen LogP contribution in [0.15, 0.2) is 66.7 Å². The van der Waals surface area contributed by atoms with Gasteiger partial charge in [-0.25, -0.2) is 0 Å². The maximum Gasteiger partial charge on any atom is 0.264 e. The van der Waals surface area contributed by atoms with Crippen LogP contribution in [-0.2, 0) is 44.2 Å². The molecule has 0 aliphatic carbocycles. The zero-order valence-electron chi connectivity index (χ0n) is 29.3. The summed E-state index contributed by atoms with van der Waals surface area (Å²) in [5, 5.41) is 10.3. The van der Waals surface area contributed by atoms with Crippen LogP contribution in [0.25, 0.3) is 0 Å². The molecule has 0 aromatic heterocycles. The largest absolute Gasteiger partial charge is 0.497 e. The van der Waals surface area contributed by atoms with Crippen molar-refractivity contribution >= 4 is 37.4 Å². The minimum Gasteiger partial charge on any atom is -0.497 e. The number of amides is 3. The van der Waals surface area contributed by atoms with Gasteiger partial charge in [0.1, 0.15) is 5.75 Å². The van der Waals surface area contributed by atoms with Crippen LogP contribution in [0.4, 0.5) is 11.4 Å². The molecule has 3 aromatic carbocycles. The molecular formula is C39H47N3O7Si. The molecule has 5 atom stereocenters. The van der Waals surface area contributed by atoms with E-state index in [4.69, 9.17) is 9.47 Å². The molecule has 4 heterocycles. The average Bonchev–Trinajstić information content (AvgIpc) is 3.53. The van der Waals surface area contributed by atoms with E-state index in [0.29, 0.717) is 42.9 Å². The molecule has 264 valence electrons. The Morgan fingerprint density at radius 2 is 1.82 bits per heavy atom. The summed E-state index contributed by atoms with van der Waals surface area (Å²) < 4.78 is 12.6. The highest BCUT2D eigenvalue weighted by Crippen LogP contribution is 2.60. The molecule has 0 radical (unpaired) electrons. The Morgan fingerprint density at radius 1 is 1.04 bits per heavy atom. The summed E-state index contributed by atoms with van der Waals surface area (Å²) in [5.74, 6) is -0.187. The summed E-state index contributed by atoms with van der Waals surface area (Å²) in [4.78, 5) is 58.9. The summed E-state index contributed by atoms with van der Waals surface area (Å²) in [6.45, 7) is 6.80. The zero-order valence-corrected chi connectivity index (χ0v) is 30.3. The highest BCUT2D eigenvalue weighted by molar-refractivity contribution is 6.71. The van der Waals surface area contributed by atoms with E-state index >= 15 is 0 Å². The van der Waals surface area contributed by atoms with Crippen molar-refractivity contribution in [2.45, 2.75) is 88.5 Å². The van der Waals surface area contributed by atoms with Crippen LogP contribution in [0.1, 0.15) is 54.9 Å². The molecule has 0 saturated carbocycles. The molecule has 2 saturated heterocycles. The predicted molar refractivity (Wildman–Crippen MR) is 192 cm³/mol. The summed E-state index contributed by atoms with van der Waals surface area (Å²) in [6.07, 6.45) is 2.19. The van der Waals surface area contributed by atoms with Crippen molar-refractivity contribution < 1.29 is 33.8 Å². The van der Waals surface area contributed by atoms with Gasteiger partial charge in [0.05, 0.1) is 44.5 Å². The molecule has 3 amide bonds. The van der Waals surface area contributed by atoms with Crippen LogP contribution < -0.4 is 14.5 Å². The number of methoxy groups -OCH3 is 1. The first kappa shape index (κ1) is 34.4. The van der Waals surface area contributed by atoms with Crippen molar-refractivity contribution in [2.75, 3.05) is 30.1 Å². The third-order valence-corrected chi connectivity index (χ3v) is 13.8. The molecule has 3 aromatic rings. The van der Waals surface area contributed by atoms with Gasteiger partial charge in [-0.05, 0) is 79.4 Å². The fraction of sp³-hybridized carbons (Fsp3) is 0.462. The van der Waals surface area contributed by atoms with Crippen molar-refractivity contribution in [1.29, 1.82) is 0 Å². The highest BCUT2D eigenvalue weighted by Gasteiger charge is 2.66. The SMILES string of the molecule is COc1ccc2c(c1)[C@@]1(O[C@H](CC(=O)N3Cc4ccccc4C[C@H]3CO)[C@@H]([Si](C)(C)O)[C@@H]1C)C(=O)N2Cc1cccc(N2CCCCC2=O)c1. The number of carbonyl (C=O) groups excluding carboxylic acids is 3. The van der Waals surface area contributed by atoms with Gasteiger partial charge in [0, 0.05) is 42.2 Å². The Hall–Kier alpha value is -4.03. The van der Waals surface area contributed by atoms with Crippen LogP contribution in [0, 0.1) is 5.92 Å². The van der Waals surface area contributed by atoms with Crippen molar-refractivity contribution in [3.63, 3.8) is 0 Å². The third-order valence-electron chi connectivity index (χ3n) is 11.3. The molecule has 0 unspecified atom stereocenters. The molecule has 7 rings (SSSR count). The summed E-state index contributed by atoms with van der Waals surface area (Å²) in [5.41, 5.74) is 3.34. The first-order valence-corrected chi connectivity index (χ1v) is 20.8. The summed E-state index contributed by atoms with van der Waals surface area (Å²) in [7, 11) is -1.45. The lowest BCUT2D eigenvalue weighted by Crippen LogP contribution is -2.48. The first-order chi connectivity index (χ1) is 24.0. The molecule has 2 fully saturated rings. The van der Waals surface area contributed by atoms with Gasteiger partial charge >= 0.3 is 0 Å². The number of anilines is 2. The van der Waals surface area contributed by atoms with E-state index in [0.717, 1.165) is 35.2 Å². The summed E-state index contributed by atoms with van der Waals surface area (Å²) >= 11 is 0. The van der Waals surface area contributed by atoms with Crippen molar-refractivity contribution in [3.8, 4) is 5.75 Å². The number of fused-ring (bicyclic) bond motifs is 3. The third kappa shape index (κ3) is 5.83. The average molecular weight is 698 g/mol. The second-order valence-electron chi connectivity index (χ2n) is 14.8. The lowest BCUT2D eigenvalue weighted by atomic mass is 9.82. The molecule has 4 aliphatic rings. The number of benzene rings is 3. The number of carbonyl (C=O) groups is 3. The predicted octanol–water partition coefficient (Wildman–Crippen LogP) is 4.89. The van der Waals surface area contributed by atoms with Crippen LogP contribution in [-0.4, -0.2) is 73.2 Å². The fourth-order valence-electron chi connectivity index (χ4n) is 8.96. The number of aliphatic hydroxyl groups excluding tert-OH is 1. The highest BCUT2D eigenvalue weighted by atomic mass is 28.4. The molecule has 10 nitrogen and oxygen atoms in total. The molecular weight excluding hydrogens is 651 g/mol. The van der Waals surface area contributed by atoms with E-state index in [1.54, 1.807) is 16.9 Å². The minimum absolute atomic E-state index is 0.0229. The molecule has 1 spiro atoms. The van der Waals surface area contributed by atoms with Gasteiger partial charge < -0.3 is 34.1 Å². The maximum atomic E-state index is 15.0. The Kier molecular flexibility index (Phi) is 9.13. The van der Waals surface area contributed by atoms with E-state index in [1.165, 1.54) is 0 Å². The number of hydrogen-bond donors (Lipinski definition) is 2. The Balaban J connectivity index is 1.22. The first-order valence-electron chi connectivity index (χ1n) is 17.7. The van der Waals surface area contributed by atoms with Gasteiger partial charge in [0.25, 0.3) is 5.91 Å². The molecule has 50 heavy (non-hydrogen) atoms. The zero-order chi connectivity index (χ0) is 35.4. The lowest BCUT2D eigenvalue weighted by Gasteiger charge is -2.37. The fourth-order valence-corrected chi connectivity index (χ4v) is 11.5. The number of piperidine rings is 1. The van der Waals surface area contributed by atoms with Crippen LogP contribution in [0.5, 0.6) is 5.75 Å². The van der Waals surface area contributed by atoms with Crippen LogP contribution >= 0.6 is 0 Å². The monoisotopic (exact) mass is 697 g/mol. The maximum absolute atomic E-state index is 15.0. The standard InChI is InChI=1S/C39H47N3O7Si/c1-25-37(50(3,4)47)34(21-36(45)41-23-28-12-6-5-11-27(28)19-30(41)24-43)49-39(25)32-20-31(48-2)15-16-33(32)42(38(39)46)22-26-10-9-13-29(18-26)40-17-8-7-14-35(40)44/h5-6,9-13,15-16,18,20,25,30,34,37,43,47H,7-8,14,17,19,21-24H2,1-4H3/t25-,30-,34+,37-,39+/m0/s1. The topological polar surface area (TPSA) is 120 Å². The Bertz CT molecular complexity index is 1810. The summed E-state index contributed by atoms with van der Waals surface area (Å²) in [6, 6.07) is 20.9. The van der Waals surface area contributed by atoms with E-state index in [1.807, 2.05) is 91.6 Å². The van der Waals surface area contributed by atoms with Crippen molar-refractivity contribution in [1.82, 2.24) is 4.90 Å². The number of rotatable bonds is 8. The molecule has 0 bridgehead atoms. The second-order valence-corrected chi connectivity index (χ2v) is 18.8. The van der Waals surface area contributed by atoms with Crippen molar-refractivity contribution in [2.24, 2.45) is 5.92 Å². The minimum atomic E-state index is -3.03. The van der Waals surface area contributed by atoms with Gasteiger partial charge in [-0.1, -0.05) is 43.3 Å². The molecule has 11 heteroatoms. The van der Waals surface area contributed by atoms with E-state index in [2.05, 4.69) is 0 Å².